The smallest absolute Gasteiger partial charge is 0.0883 e. The van der Waals surface area contributed by atoms with E-state index >= 15 is 0 Å². The molecule has 4 fully saturated rings. The number of rotatable bonds is 0. The summed E-state index contributed by atoms with van der Waals surface area (Å²) in [4.78, 5) is 0. The van der Waals surface area contributed by atoms with Crippen LogP contribution in [0.5, 0.6) is 0 Å². The lowest BCUT2D eigenvalue weighted by atomic mass is 9.89. The second-order valence-corrected chi connectivity index (χ2v) is 5.30. The van der Waals surface area contributed by atoms with Gasteiger partial charge in [-0.05, 0) is 24.0 Å². The summed E-state index contributed by atoms with van der Waals surface area (Å²) in [6, 6.07) is 0. The molecule has 2 bridgehead atoms. The molecule has 54 valence electrons. The SMILES string of the molecule is C1SC2C1C1CC2C2OC12. The molecule has 2 saturated carbocycles. The molecule has 1 nitrogen and oxygen atoms in total. The highest BCUT2D eigenvalue weighted by atomic mass is 32.2. The molecule has 2 aliphatic heterocycles. The van der Waals surface area contributed by atoms with Gasteiger partial charge in [-0.15, -0.1) is 0 Å². The molecule has 0 spiro atoms. The summed E-state index contributed by atoms with van der Waals surface area (Å²) >= 11 is 2.19. The Hall–Kier alpha value is 0.310. The van der Waals surface area contributed by atoms with Crippen LogP contribution in [0.25, 0.3) is 0 Å². The summed E-state index contributed by atoms with van der Waals surface area (Å²) in [5, 5.41) is 1.04. The molecule has 0 aromatic carbocycles. The average molecular weight is 154 g/mol. The minimum absolute atomic E-state index is 0.735. The largest absolute Gasteiger partial charge is 0.369 e. The Labute approximate surface area is 64.5 Å². The molecule has 6 atom stereocenters. The highest BCUT2D eigenvalue weighted by Crippen LogP contribution is 2.66. The first-order chi connectivity index (χ1) is 4.95. The monoisotopic (exact) mass is 154 g/mol. The summed E-state index contributed by atoms with van der Waals surface area (Å²) < 4.78 is 5.61. The number of epoxide rings is 1. The van der Waals surface area contributed by atoms with E-state index in [2.05, 4.69) is 11.8 Å². The lowest BCUT2D eigenvalue weighted by Crippen LogP contribution is -2.39. The van der Waals surface area contributed by atoms with E-state index in [9.17, 15) is 0 Å². The number of hydrogen-bond donors (Lipinski definition) is 0. The maximum Gasteiger partial charge on any atom is 0.0883 e. The van der Waals surface area contributed by atoms with E-state index in [-0.39, 0.29) is 0 Å². The second kappa shape index (κ2) is 1.29. The minimum atomic E-state index is 0.735. The Morgan fingerprint density at radius 1 is 1.10 bits per heavy atom. The van der Waals surface area contributed by atoms with E-state index in [1.54, 1.807) is 0 Å². The van der Waals surface area contributed by atoms with Gasteiger partial charge in [0.2, 0.25) is 0 Å². The van der Waals surface area contributed by atoms with Crippen LogP contribution in [0.1, 0.15) is 6.42 Å². The molecular weight excluding hydrogens is 144 g/mol. The fourth-order valence-corrected chi connectivity index (χ4v) is 4.87. The number of fused-ring (bicyclic) bond motifs is 8. The third kappa shape index (κ3) is 0.356. The summed E-state index contributed by atoms with van der Waals surface area (Å²) in [6.45, 7) is 0. The topological polar surface area (TPSA) is 12.5 Å². The van der Waals surface area contributed by atoms with Crippen LogP contribution >= 0.6 is 11.8 Å². The van der Waals surface area contributed by atoms with Crippen molar-refractivity contribution in [3.8, 4) is 0 Å². The lowest BCUT2D eigenvalue weighted by molar-refractivity contribution is 0.255. The number of ether oxygens (including phenoxy) is 1. The van der Waals surface area contributed by atoms with Crippen LogP contribution in [0.15, 0.2) is 0 Å². The summed E-state index contributed by atoms with van der Waals surface area (Å²) in [5.41, 5.74) is 0. The summed E-state index contributed by atoms with van der Waals surface area (Å²) in [7, 11) is 0. The van der Waals surface area contributed by atoms with Gasteiger partial charge in [0, 0.05) is 11.2 Å². The Bertz CT molecular complexity index is 185. The van der Waals surface area contributed by atoms with Gasteiger partial charge in [-0.3, -0.25) is 0 Å². The summed E-state index contributed by atoms with van der Waals surface area (Å²) in [5.74, 6) is 4.51. The van der Waals surface area contributed by atoms with Crippen molar-refractivity contribution in [2.24, 2.45) is 17.8 Å². The van der Waals surface area contributed by atoms with Crippen LogP contribution in [0.4, 0.5) is 0 Å². The molecule has 2 aliphatic carbocycles. The average Bonchev–Trinajstić information content (AvgIpc) is 2.49. The molecular formula is C8H10OS. The predicted octanol–water partition coefficient (Wildman–Crippen LogP) is 1.14. The zero-order chi connectivity index (χ0) is 6.29. The van der Waals surface area contributed by atoms with E-state index in [0.29, 0.717) is 0 Å². The van der Waals surface area contributed by atoms with Gasteiger partial charge in [0.15, 0.2) is 0 Å². The minimum Gasteiger partial charge on any atom is -0.369 e. The number of hydrogen-bond acceptors (Lipinski definition) is 2. The van der Waals surface area contributed by atoms with E-state index in [1.807, 2.05) is 0 Å². The molecule has 10 heavy (non-hydrogen) atoms. The zero-order valence-electron chi connectivity index (χ0n) is 5.69. The quantitative estimate of drug-likeness (QED) is 0.485. The normalized spacial score (nSPS) is 74.4. The molecule has 0 aromatic rings. The van der Waals surface area contributed by atoms with Gasteiger partial charge in [0.1, 0.15) is 0 Å². The van der Waals surface area contributed by atoms with Crippen molar-refractivity contribution in [3.05, 3.63) is 0 Å². The van der Waals surface area contributed by atoms with Gasteiger partial charge in [-0.2, -0.15) is 11.8 Å². The second-order valence-electron chi connectivity index (χ2n) is 4.09. The standard InChI is InChI=1S/C8H10OS/c1-3-5-2-10-8(5)4(1)7-6(3)9-7/h3-8H,1-2H2. The Morgan fingerprint density at radius 2 is 2.00 bits per heavy atom. The van der Waals surface area contributed by atoms with Gasteiger partial charge in [-0.1, -0.05) is 0 Å². The van der Waals surface area contributed by atoms with Crippen LogP contribution < -0.4 is 0 Å². The molecule has 0 radical (unpaired) electrons. The van der Waals surface area contributed by atoms with Crippen molar-refractivity contribution in [2.45, 2.75) is 23.9 Å². The van der Waals surface area contributed by atoms with Crippen molar-refractivity contribution in [3.63, 3.8) is 0 Å². The van der Waals surface area contributed by atoms with Gasteiger partial charge in [0.05, 0.1) is 12.2 Å². The fraction of sp³-hybridized carbons (Fsp3) is 1.00. The molecule has 0 N–H and O–H groups in total. The van der Waals surface area contributed by atoms with E-state index in [1.165, 1.54) is 12.2 Å². The fourth-order valence-electron chi connectivity index (χ4n) is 3.27. The molecule has 4 rings (SSSR count). The first kappa shape index (κ1) is 5.04. The maximum absolute atomic E-state index is 5.61. The van der Waals surface area contributed by atoms with Crippen molar-refractivity contribution in [2.75, 3.05) is 5.75 Å². The van der Waals surface area contributed by atoms with Crippen molar-refractivity contribution in [1.29, 1.82) is 0 Å². The van der Waals surface area contributed by atoms with E-state index < -0.39 is 0 Å². The van der Waals surface area contributed by atoms with E-state index in [0.717, 1.165) is 35.2 Å². The number of thioether (sulfide) groups is 1. The van der Waals surface area contributed by atoms with Crippen molar-refractivity contribution >= 4 is 11.8 Å². The molecule has 4 aliphatic rings. The first-order valence-corrected chi connectivity index (χ1v) is 5.27. The molecule has 0 amide bonds. The summed E-state index contributed by atoms with van der Waals surface area (Å²) in [6.07, 6.45) is 2.99. The van der Waals surface area contributed by atoms with Crippen LogP contribution in [-0.2, 0) is 4.74 Å². The Morgan fingerprint density at radius 3 is 2.70 bits per heavy atom. The third-order valence-electron chi connectivity index (χ3n) is 3.82. The molecule has 0 aromatic heterocycles. The van der Waals surface area contributed by atoms with Gasteiger partial charge < -0.3 is 4.74 Å². The van der Waals surface area contributed by atoms with E-state index in [4.69, 9.17) is 4.74 Å². The van der Waals surface area contributed by atoms with Gasteiger partial charge in [-0.25, -0.2) is 0 Å². The highest BCUT2D eigenvalue weighted by molar-refractivity contribution is 8.01. The predicted molar refractivity (Wildman–Crippen MR) is 40.0 cm³/mol. The van der Waals surface area contributed by atoms with Crippen molar-refractivity contribution < 1.29 is 4.74 Å². The van der Waals surface area contributed by atoms with Crippen LogP contribution in [0.2, 0.25) is 0 Å². The highest BCUT2D eigenvalue weighted by Gasteiger charge is 2.69. The van der Waals surface area contributed by atoms with Gasteiger partial charge >= 0.3 is 0 Å². The van der Waals surface area contributed by atoms with Crippen molar-refractivity contribution in [1.82, 2.24) is 0 Å². The molecule has 2 heterocycles. The molecule has 2 saturated heterocycles. The lowest BCUT2D eigenvalue weighted by Gasteiger charge is -2.37. The Kier molecular flexibility index (Phi) is 0.652. The zero-order valence-corrected chi connectivity index (χ0v) is 6.51. The third-order valence-corrected chi connectivity index (χ3v) is 5.49. The first-order valence-electron chi connectivity index (χ1n) is 4.22. The van der Waals surface area contributed by atoms with Crippen LogP contribution in [-0.4, -0.2) is 23.2 Å². The van der Waals surface area contributed by atoms with Gasteiger partial charge in [0.25, 0.3) is 0 Å². The maximum atomic E-state index is 5.61. The molecule has 6 unspecified atom stereocenters. The molecule has 2 heteroatoms. The Balaban J connectivity index is 1.83. The van der Waals surface area contributed by atoms with Crippen LogP contribution in [0.3, 0.4) is 0 Å². The van der Waals surface area contributed by atoms with Crippen LogP contribution in [0, 0.1) is 17.8 Å².